The summed E-state index contributed by atoms with van der Waals surface area (Å²) in [7, 11) is 1.61. The summed E-state index contributed by atoms with van der Waals surface area (Å²) in [4.78, 5) is 24.4. The molecule has 5 nitrogen and oxygen atoms in total. The molecule has 4 aromatic rings. The first-order valence-electron chi connectivity index (χ1n) is 11.0. The molecule has 1 amide bonds. The Labute approximate surface area is 199 Å². The van der Waals surface area contributed by atoms with Gasteiger partial charge in [-0.1, -0.05) is 42.0 Å². The smallest absolute Gasteiger partial charge is 0.248 e. The Morgan fingerprint density at radius 2 is 1.74 bits per heavy atom. The number of fused-ring (bicyclic) bond motifs is 1. The van der Waals surface area contributed by atoms with Crippen molar-refractivity contribution in [2.24, 2.45) is 0 Å². The lowest BCUT2D eigenvalue weighted by atomic mass is 9.96. The molecule has 4 rings (SSSR count). The largest absolute Gasteiger partial charge is 0.496 e. The summed E-state index contributed by atoms with van der Waals surface area (Å²) in [6.07, 6.45) is 3.30. The molecule has 0 spiro atoms. The second-order valence-corrected chi connectivity index (χ2v) is 8.43. The lowest BCUT2D eigenvalue weighted by Gasteiger charge is -2.13. The van der Waals surface area contributed by atoms with Gasteiger partial charge in [0.25, 0.3) is 0 Å². The van der Waals surface area contributed by atoms with Gasteiger partial charge in [0.15, 0.2) is 5.78 Å². The fraction of sp³-hybridized carbons (Fsp3) is 0.172. The first kappa shape index (κ1) is 23.1. The lowest BCUT2D eigenvalue weighted by Crippen LogP contribution is -2.09. The molecule has 1 N–H and O–H groups in total. The standard InChI is InChI=1S/C29H27NO4/c1-17-9-11-21(12-10-17)26-16-34-29-19(3)28(33-5)24(15-25(26)29)18(2)13-27(32)30-23-8-6-7-22(14-23)20(4)31/h6-16H,1-5H3,(H,30,32)/b18-13+. The number of benzene rings is 3. The van der Waals surface area contributed by atoms with Crippen molar-refractivity contribution < 1.29 is 18.7 Å². The maximum Gasteiger partial charge on any atom is 0.248 e. The van der Waals surface area contributed by atoms with Crippen molar-refractivity contribution in [3.63, 3.8) is 0 Å². The second kappa shape index (κ2) is 9.40. The molecule has 0 aliphatic heterocycles. The van der Waals surface area contributed by atoms with Gasteiger partial charge in [0, 0.05) is 39.4 Å². The molecule has 0 aliphatic rings. The summed E-state index contributed by atoms with van der Waals surface area (Å²) in [5.41, 5.74) is 7.54. The molecule has 5 heteroatoms. The van der Waals surface area contributed by atoms with Crippen LogP contribution < -0.4 is 10.1 Å². The van der Waals surface area contributed by atoms with Crippen molar-refractivity contribution >= 4 is 33.9 Å². The van der Waals surface area contributed by atoms with Gasteiger partial charge in [-0.2, -0.15) is 0 Å². The molecular formula is C29H27NO4. The van der Waals surface area contributed by atoms with Crippen LogP contribution in [-0.2, 0) is 4.79 Å². The SMILES string of the molecule is COc1c(/C(C)=C/C(=O)Nc2cccc(C(C)=O)c2)cc2c(-c3ccc(C)cc3)coc2c1C. The van der Waals surface area contributed by atoms with E-state index in [0.29, 0.717) is 17.0 Å². The maximum atomic E-state index is 12.8. The zero-order valence-electron chi connectivity index (χ0n) is 20.0. The highest BCUT2D eigenvalue weighted by Crippen LogP contribution is 2.40. The van der Waals surface area contributed by atoms with Gasteiger partial charge in [0.2, 0.25) is 5.91 Å². The van der Waals surface area contributed by atoms with Crippen LogP contribution in [0.4, 0.5) is 5.69 Å². The summed E-state index contributed by atoms with van der Waals surface area (Å²) in [5.74, 6) is 0.321. The zero-order chi connectivity index (χ0) is 24.4. The molecule has 1 aromatic heterocycles. The van der Waals surface area contributed by atoms with E-state index in [1.54, 1.807) is 37.6 Å². The van der Waals surface area contributed by atoms with Gasteiger partial charge in [0.1, 0.15) is 11.3 Å². The van der Waals surface area contributed by atoms with Crippen molar-refractivity contribution in [1.29, 1.82) is 0 Å². The van der Waals surface area contributed by atoms with Gasteiger partial charge in [-0.25, -0.2) is 0 Å². The molecule has 0 bridgehead atoms. The number of methoxy groups -OCH3 is 1. The van der Waals surface area contributed by atoms with Crippen LogP contribution in [0.25, 0.3) is 27.7 Å². The number of rotatable bonds is 6. The van der Waals surface area contributed by atoms with Crippen molar-refractivity contribution in [3.05, 3.63) is 89.2 Å². The Morgan fingerprint density at radius 1 is 1.00 bits per heavy atom. The predicted octanol–water partition coefficient (Wildman–Crippen LogP) is 6.97. The number of furan rings is 1. The molecule has 1 heterocycles. The monoisotopic (exact) mass is 453 g/mol. The second-order valence-electron chi connectivity index (χ2n) is 8.43. The van der Waals surface area contributed by atoms with Crippen LogP contribution in [0.5, 0.6) is 5.75 Å². The number of hydrogen-bond donors (Lipinski definition) is 1. The van der Waals surface area contributed by atoms with E-state index in [0.717, 1.165) is 38.8 Å². The number of aryl methyl sites for hydroxylation is 2. The van der Waals surface area contributed by atoms with E-state index in [1.807, 2.05) is 19.9 Å². The predicted molar refractivity (Wildman–Crippen MR) is 136 cm³/mol. The number of nitrogens with one attached hydrogen (secondary N) is 1. The van der Waals surface area contributed by atoms with Crippen molar-refractivity contribution in [2.75, 3.05) is 12.4 Å². The summed E-state index contributed by atoms with van der Waals surface area (Å²) in [6.45, 7) is 7.38. The van der Waals surface area contributed by atoms with Crippen molar-refractivity contribution in [2.45, 2.75) is 27.7 Å². The highest BCUT2D eigenvalue weighted by atomic mass is 16.5. The number of hydrogen-bond acceptors (Lipinski definition) is 4. The van der Waals surface area contributed by atoms with Crippen LogP contribution in [0.15, 0.2) is 71.4 Å². The molecule has 0 saturated heterocycles. The third-order valence-corrected chi connectivity index (χ3v) is 5.92. The Balaban J connectivity index is 1.73. The molecule has 0 radical (unpaired) electrons. The molecule has 0 atom stereocenters. The molecule has 0 saturated carbocycles. The highest BCUT2D eigenvalue weighted by molar-refractivity contribution is 6.06. The van der Waals surface area contributed by atoms with Gasteiger partial charge in [0.05, 0.1) is 13.4 Å². The summed E-state index contributed by atoms with van der Waals surface area (Å²) >= 11 is 0. The van der Waals surface area contributed by atoms with E-state index >= 15 is 0 Å². The molecule has 34 heavy (non-hydrogen) atoms. The van der Waals surface area contributed by atoms with E-state index in [-0.39, 0.29) is 11.7 Å². The number of anilines is 1. The van der Waals surface area contributed by atoms with Crippen LogP contribution in [-0.4, -0.2) is 18.8 Å². The minimum absolute atomic E-state index is 0.0548. The number of carbonyl (C=O) groups is 2. The Morgan fingerprint density at radius 3 is 2.41 bits per heavy atom. The normalized spacial score (nSPS) is 11.5. The minimum Gasteiger partial charge on any atom is -0.496 e. The van der Waals surface area contributed by atoms with E-state index in [1.165, 1.54) is 18.6 Å². The highest BCUT2D eigenvalue weighted by Gasteiger charge is 2.19. The molecule has 0 fully saturated rings. The first-order chi connectivity index (χ1) is 16.3. The maximum absolute atomic E-state index is 12.8. The Hall–Kier alpha value is -4.12. The molecule has 0 unspecified atom stereocenters. The number of amides is 1. The minimum atomic E-state index is -0.288. The molecule has 172 valence electrons. The van der Waals surface area contributed by atoms with Crippen LogP contribution in [0, 0.1) is 13.8 Å². The van der Waals surface area contributed by atoms with Crippen LogP contribution in [0.1, 0.15) is 40.9 Å². The molecule has 0 aliphatic carbocycles. The third kappa shape index (κ3) is 4.50. The van der Waals surface area contributed by atoms with Gasteiger partial charge >= 0.3 is 0 Å². The van der Waals surface area contributed by atoms with Gasteiger partial charge in [-0.3, -0.25) is 9.59 Å². The number of ether oxygens (including phenoxy) is 1. The fourth-order valence-electron chi connectivity index (χ4n) is 4.10. The van der Waals surface area contributed by atoms with Crippen LogP contribution in [0.2, 0.25) is 0 Å². The van der Waals surface area contributed by atoms with Crippen molar-refractivity contribution in [3.8, 4) is 16.9 Å². The van der Waals surface area contributed by atoms with Gasteiger partial charge < -0.3 is 14.5 Å². The van der Waals surface area contributed by atoms with E-state index in [4.69, 9.17) is 9.15 Å². The van der Waals surface area contributed by atoms with E-state index in [9.17, 15) is 9.59 Å². The quantitative estimate of drug-likeness (QED) is 0.253. The lowest BCUT2D eigenvalue weighted by molar-refractivity contribution is -0.111. The number of allylic oxidation sites excluding steroid dienone is 1. The van der Waals surface area contributed by atoms with Crippen LogP contribution >= 0.6 is 0 Å². The molecule has 3 aromatic carbocycles. The molecular weight excluding hydrogens is 426 g/mol. The number of ketones is 1. The van der Waals surface area contributed by atoms with Gasteiger partial charge in [-0.05, 0) is 57.0 Å². The topological polar surface area (TPSA) is 68.5 Å². The van der Waals surface area contributed by atoms with E-state index < -0.39 is 0 Å². The number of carbonyl (C=O) groups excluding carboxylic acids is 2. The average molecular weight is 454 g/mol. The van der Waals surface area contributed by atoms with Crippen molar-refractivity contribution in [1.82, 2.24) is 0 Å². The Kier molecular flexibility index (Phi) is 6.37. The summed E-state index contributed by atoms with van der Waals surface area (Å²) in [5, 5.41) is 3.80. The Bertz CT molecular complexity index is 1420. The third-order valence-electron chi connectivity index (χ3n) is 5.92. The summed E-state index contributed by atoms with van der Waals surface area (Å²) < 4.78 is 11.6. The van der Waals surface area contributed by atoms with Gasteiger partial charge in [-0.15, -0.1) is 0 Å². The number of Topliss-reactive ketones (excluding diaryl/α,β-unsaturated/α-hetero) is 1. The van der Waals surface area contributed by atoms with E-state index in [2.05, 4.69) is 36.5 Å². The van der Waals surface area contributed by atoms with Crippen LogP contribution in [0.3, 0.4) is 0 Å². The summed E-state index contributed by atoms with van der Waals surface area (Å²) in [6, 6.07) is 17.2. The average Bonchev–Trinajstić information content (AvgIpc) is 3.24. The zero-order valence-corrected chi connectivity index (χ0v) is 20.0. The fourth-order valence-corrected chi connectivity index (χ4v) is 4.10. The first-order valence-corrected chi connectivity index (χ1v) is 11.0.